The number of thioether (sulfide) groups is 1. The van der Waals surface area contributed by atoms with Crippen LogP contribution < -0.4 is 5.32 Å². The first kappa shape index (κ1) is 19.5. The van der Waals surface area contributed by atoms with Gasteiger partial charge in [-0.15, -0.1) is 5.10 Å². The summed E-state index contributed by atoms with van der Waals surface area (Å²) in [5.74, 6) is -0.379. The lowest BCUT2D eigenvalue weighted by molar-refractivity contribution is -0.383. The lowest BCUT2D eigenvalue weighted by atomic mass is 10.1. The molecule has 0 saturated carbocycles. The number of para-hydroxylation sites is 3. The maximum atomic E-state index is 12.6. The van der Waals surface area contributed by atoms with Crippen LogP contribution in [0.25, 0.3) is 5.69 Å². The van der Waals surface area contributed by atoms with Crippen molar-refractivity contribution in [3.63, 3.8) is 0 Å². The molecule has 1 atom stereocenters. The van der Waals surface area contributed by atoms with E-state index in [0.717, 1.165) is 16.8 Å². The summed E-state index contributed by atoms with van der Waals surface area (Å²) >= 11 is 1.18. The Balaban J connectivity index is 1.80. The minimum atomic E-state index is -0.575. The first-order chi connectivity index (χ1) is 13.4. The van der Waals surface area contributed by atoms with Crippen molar-refractivity contribution in [3.05, 3.63) is 63.7 Å². The van der Waals surface area contributed by atoms with Crippen LogP contribution in [0.2, 0.25) is 0 Å². The van der Waals surface area contributed by atoms with Gasteiger partial charge in [0.05, 0.1) is 15.9 Å². The Bertz CT molecular complexity index is 1020. The quantitative estimate of drug-likeness (QED) is 0.385. The SMILES string of the molecule is Cc1cccc(C)c1-n1nnnc1S[C@@H](C)C(=O)Nc1ccccc1[N+](=O)[O-]. The van der Waals surface area contributed by atoms with E-state index >= 15 is 0 Å². The van der Waals surface area contributed by atoms with Gasteiger partial charge in [0.25, 0.3) is 5.69 Å². The van der Waals surface area contributed by atoms with Crippen LogP contribution in [-0.2, 0) is 4.79 Å². The number of hydrogen-bond acceptors (Lipinski definition) is 7. The van der Waals surface area contributed by atoms with Crippen LogP contribution >= 0.6 is 11.8 Å². The van der Waals surface area contributed by atoms with Gasteiger partial charge >= 0.3 is 0 Å². The first-order valence-electron chi connectivity index (χ1n) is 8.44. The third kappa shape index (κ3) is 4.01. The van der Waals surface area contributed by atoms with E-state index in [-0.39, 0.29) is 17.3 Å². The second-order valence-corrected chi connectivity index (χ2v) is 7.45. The molecule has 0 fully saturated rings. The summed E-state index contributed by atoms with van der Waals surface area (Å²) in [6.45, 7) is 5.62. The molecule has 2 aromatic carbocycles. The molecule has 10 heteroatoms. The van der Waals surface area contributed by atoms with Gasteiger partial charge in [0.1, 0.15) is 5.69 Å². The minimum Gasteiger partial charge on any atom is -0.319 e. The summed E-state index contributed by atoms with van der Waals surface area (Å²) in [4.78, 5) is 23.1. The molecule has 1 N–H and O–H groups in total. The molecule has 9 nitrogen and oxygen atoms in total. The summed E-state index contributed by atoms with van der Waals surface area (Å²) in [5, 5.41) is 25.4. The third-order valence-corrected chi connectivity index (χ3v) is 5.14. The monoisotopic (exact) mass is 398 g/mol. The molecular formula is C18H18N6O3S. The lowest BCUT2D eigenvalue weighted by Gasteiger charge is -2.13. The molecule has 0 unspecified atom stereocenters. The number of amides is 1. The van der Waals surface area contributed by atoms with Gasteiger partial charge in [-0.1, -0.05) is 42.1 Å². The van der Waals surface area contributed by atoms with Crippen molar-refractivity contribution in [2.75, 3.05) is 5.32 Å². The van der Waals surface area contributed by atoms with E-state index in [1.165, 1.54) is 23.9 Å². The molecule has 144 valence electrons. The predicted molar refractivity (Wildman–Crippen MR) is 106 cm³/mol. The fourth-order valence-corrected chi connectivity index (χ4v) is 3.51. The molecular weight excluding hydrogens is 380 g/mol. The number of nitrogens with one attached hydrogen (secondary N) is 1. The Morgan fingerprint density at radius 1 is 1.18 bits per heavy atom. The average Bonchev–Trinajstić information content (AvgIpc) is 3.09. The van der Waals surface area contributed by atoms with Gasteiger partial charge in [0.2, 0.25) is 11.1 Å². The van der Waals surface area contributed by atoms with Crippen LogP contribution in [0, 0.1) is 24.0 Å². The summed E-state index contributed by atoms with van der Waals surface area (Å²) < 4.78 is 1.60. The van der Waals surface area contributed by atoms with Gasteiger partial charge < -0.3 is 5.32 Å². The standard InChI is InChI=1S/C18H18N6O3S/c1-11-7-6-8-12(2)16(11)23-18(20-21-22-23)28-13(3)17(25)19-14-9-4-5-10-15(14)24(26)27/h4-10,13H,1-3H3,(H,19,25)/t13-/m0/s1. The van der Waals surface area contributed by atoms with Gasteiger partial charge in [0.15, 0.2) is 0 Å². The molecule has 0 bridgehead atoms. The van der Waals surface area contributed by atoms with Crippen molar-refractivity contribution in [2.45, 2.75) is 31.2 Å². The zero-order chi connectivity index (χ0) is 20.3. The number of anilines is 1. The van der Waals surface area contributed by atoms with Crippen molar-refractivity contribution < 1.29 is 9.72 Å². The second-order valence-electron chi connectivity index (χ2n) is 6.14. The fraction of sp³-hybridized carbons (Fsp3) is 0.222. The number of aromatic nitrogens is 4. The zero-order valence-corrected chi connectivity index (χ0v) is 16.3. The number of carbonyl (C=O) groups is 1. The van der Waals surface area contributed by atoms with E-state index in [2.05, 4.69) is 20.8 Å². The number of carbonyl (C=O) groups excluding carboxylic acids is 1. The first-order valence-corrected chi connectivity index (χ1v) is 9.32. The predicted octanol–water partition coefficient (Wildman–Crippen LogP) is 3.31. The van der Waals surface area contributed by atoms with Gasteiger partial charge in [-0.2, -0.15) is 4.68 Å². The van der Waals surface area contributed by atoms with Crippen molar-refractivity contribution in [2.24, 2.45) is 0 Å². The summed E-state index contributed by atoms with van der Waals surface area (Å²) in [7, 11) is 0. The van der Waals surface area contributed by atoms with Gasteiger partial charge in [0, 0.05) is 6.07 Å². The number of hydrogen-bond donors (Lipinski definition) is 1. The number of nitro benzene ring substituents is 1. The molecule has 28 heavy (non-hydrogen) atoms. The Kier molecular flexibility index (Phi) is 5.69. The zero-order valence-electron chi connectivity index (χ0n) is 15.5. The fourth-order valence-electron chi connectivity index (χ4n) is 2.72. The number of rotatable bonds is 6. The van der Waals surface area contributed by atoms with Crippen molar-refractivity contribution in [1.29, 1.82) is 0 Å². The normalized spacial score (nSPS) is 11.8. The summed E-state index contributed by atoms with van der Waals surface area (Å²) in [6.07, 6.45) is 0. The van der Waals surface area contributed by atoms with Crippen LogP contribution in [0.15, 0.2) is 47.6 Å². The van der Waals surface area contributed by atoms with Crippen LogP contribution in [0.4, 0.5) is 11.4 Å². The maximum Gasteiger partial charge on any atom is 0.292 e. The Morgan fingerprint density at radius 3 is 2.54 bits per heavy atom. The molecule has 0 aliphatic heterocycles. The highest BCUT2D eigenvalue weighted by atomic mass is 32.2. The van der Waals surface area contributed by atoms with Crippen LogP contribution in [0.3, 0.4) is 0 Å². The van der Waals surface area contributed by atoms with Crippen LogP contribution in [0.5, 0.6) is 0 Å². The van der Waals surface area contributed by atoms with Crippen molar-refractivity contribution in [3.8, 4) is 5.69 Å². The molecule has 3 aromatic rings. The molecule has 0 spiro atoms. The molecule has 3 rings (SSSR count). The van der Waals surface area contributed by atoms with E-state index in [1.54, 1.807) is 23.7 Å². The highest BCUT2D eigenvalue weighted by Gasteiger charge is 2.23. The number of benzene rings is 2. The minimum absolute atomic E-state index is 0.152. The van der Waals surface area contributed by atoms with Crippen molar-refractivity contribution >= 4 is 29.0 Å². The molecule has 0 saturated heterocycles. The molecule has 0 aliphatic carbocycles. The van der Waals surface area contributed by atoms with E-state index in [1.807, 2.05) is 32.0 Å². The highest BCUT2D eigenvalue weighted by molar-refractivity contribution is 8.00. The van der Waals surface area contributed by atoms with Crippen LogP contribution in [0.1, 0.15) is 18.1 Å². The summed E-state index contributed by atoms with van der Waals surface area (Å²) in [5.41, 5.74) is 2.87. The van der Waals surface area contributed by atoms with E-state index in [4.69, 9.17) is 0 Å². The van der Waals surface area contributed by atoms with E-state index in [9.17, 15) is 14.9 Å². The summed E-state index contributed by atoms with van der Waals surface area (Å²) in [6, 6.07) is 11.9. The van der Waals surface area contributed by atoms with Gasteiger partial charge in [-0.25, -0.2) is 0 Å². The average molecular weight is 398 g/mol. The smallest absolute Gasteiger partial charge is 0.292 e. The number of tetrazole rings is 1. The molecule has 1 amide bonds. The lowest BCUT2D eigenvalue weighted by Crippen LogP contribution is -2.23. The van der Waals surface area contributed by atoms with Gasteiger partial charge in [-0.3, -0.25) is 14.9 Å². The van der Waals surface area contributed by atoms with E-state index in [0.29, 0.717) is 5.16 Å². The number of nitro groups is 1. The number of aryl methyl sites for hydroxylation is 2. The Morgan fingerprint density at radius 2 is 1.86 bits per heavy atom. The van der Waals surface area contributed by atoms with Gasteiger partial charge in [-0.05, 0) is 48.4 Å². The molecule has 0 aliphatic rings. The Labute approximate surface area is 165 Å². The van der Waals surface area contributed by atoms with Crippen molar-refractivity contribution in [1.82, 2.24) is 20.2 Å². The van der Waals surface area contributed by atoms with E-state index < -0.39 is 10.2 Å². The molecule has 1 aromatic heterocycles. The molecule has 0 radical (unpaired) electrons. The third-order valence-electron chi connectivity index (χ3n) is 4.10. The number of nitrogens with zero attached hydrogens (tertiary/aromatic N) is 5. The topological polar surface area (TPSA) is 116 Å². The second kappa shape index (κ2) is 8.17. The maximum absolute atomic E-state index is 12.6. The Hall–Kier alpha value is -3.27. The van der Waals surface area contributed by atoms with Crippen LogP contribution in [-0.4, -0.2) is 36.3 Å². The largest absolute Gasteiger partial charge is 0.319 e. The molecule has 1 heterocycles. The highest BCUT2D eigenvalue weighted by Crippen LogP contribution is 2.28.